The van der Waals surface area contributed by atoms with Crippen LogP contribution in [-0.2, 0) is 19.2 Å². The number of alkyl halides is 3. The molecule has 6 unspecified atom stereocenters. The van der Waals surface area contributed by atoms with Crippen LogP contribution < -0.4 is 9.64 Å². The van der Waals surface area contributed by atoms with Crippen molar-refractivity contribution in [1.82, 2.24) is 4.90 Å². The van der Waals surface area contributed by atoms with Gasteiger partial charge in [0.25, 0.3) is 11.8 Å². The molecule has 4 aliphatic rings. The summed E-state index contributed by atoms with van der Waals surface area (Å²) in [7, 11) is 1.34. The highest BCUT2D eigenvalue weighted by molar-refractivity contribution is 9.09. The maximum atomic E-state index is 14.1. The Balaban J connectivity index is 1.54. The summed E-state index contributed by atoms with van der Waals surface area (Å²) in [5.41, 5.74) is 1.95. The molecular formula is C29H23BrCl4N2O6. The molecule has 2 aliphatic heterocycles. The van der Waals surface area contributed by atoms with Crippen molar-refractivity contribution in [2.75, 3.05) is 17.5 Å². The predicted octanol–water partition coefficient (Wildman–Crippen LogP) is 5.93. The average molecular weight is 717 g/mol. The fourth-order valence-electron chi connectivity index (χ4n) is 7.02. The fraction of sp³-hybridized carbons (Fsp3) is 0.379. The minimum atomic E-state index is -2.00. The highest BCUT2D eigenvalue weighted by atomic mass is 79.9. The summed E-state index contributed by atoms with van der Waals surface area (Å²) in [6.45, 7) is 1.82. The molecular weight excluding hydrogens is 694 g/mol. The molecule has 2 saturated heterocycles. The van der Waals surface area contributed by atoms with Crippen LogP contribution in [0, 0.1) is 24.7 Å². The lowest BCUT2D eigenvalue weighted by molar-refractivity contribution is -0.138. The number of imide groups is 2. The number of carbonyl (C=O) groups is 4. The summed E-state index contributed by atoms with van der Waals surface area (Å²) in [5.74, 6) is -5.87. The monoisotopic (exact) mass is 714 g/mol. The highest BCUT2D eigenvalue weighted by Gasteiger charge is 2.76. The number of aryl methyl sites for hydroxylation is 1. The van der Waals surface area contributed by atoms with Crippen LogP contribution in [0.3, 0.4) is 0 Å². The van der Waals surface area contributed by atoms with Crippen LogP contribution in [-0.4, -0.2) is 55.9 Å². The zero-order valence-electron chi connectivity index (χ0n) is 22.2. The second-order valence-corrected chi connectivity index (χ2v) is 13.5. The lowest BCUT2D eigenvalue weighted by Gasteiger charge is -2.50. The van der Waals surface area contributed by atoms with Crippen LogP contribution in [0.5, 0.6) is 11.5 Å². The van der Waals surface area contributed by atoms with E-state index in [1.54, 1.807) is 18.2 Å². The maximum absolute atomic E-state index is 14.1. The van der Waals surface area contributed by atoms with Gasteiger partial charge in [-0.15, -0.1) is 23.2 Å². The number of likely N-dealkylation sites (tertiary alicyclic amines) is 1. The predicted molar refractivity (Wildman–Crippen MR) is 162 cm³/mol. The van der Waals surface area contributed by atoms with E-state index in [9.17, 15) is 24.3 Å². The van der Waals surface area contributed by atoms with E-state index in [1.807, 2.05) is 13.0 Å². The summed E-state index contributed by atoms with van der Waals surface area (Å²) in [6, 6.07) is 7.90. The SMILES string of the molecule is COc1cc(C2C3=CCC4C(=O)N(c5ccc(C)c(Cl)c5)C(=O)C4C3CC3(Cl)C(=O)N(CBr)C(=O)C23Cl)cc(Cl)c1O. The van der Waals surface area contributed by atoms with Gasteiger partial charge in [0, 0.05) is 10.9 Å². The van der Waals surface area contributed by atoms with Crippen molar-refractivity contribution < 1.29 is 29.0 Å². The first kappa shape index (κ1) is 29.8. The molecule has 3 fully saturated rings. The number of phenols is 1. The Morgan fingerprint density at radius 1 is 1.02 bits per heavy atom. The van der Waals surface area contributed by atoms with Crippen molar-refractivity contribution in [1.29, 1.82) is 0 Å². The summed E-state index contributed by atoms with van der Waals surface area (Å²) in [4.78, 5) is 53.6. The number of methoxy groups -OCH3 is 1. The van der Waals surface area contributed by atoms with Gasteiger partial charge in [0.2, 0.25) is 11.8 Å². The zero-order valence-corrected chi connectivity index (χ0v) is 26.8. The number of benzene rings is 2. The molecule has 2 aromatic carbocycles. The van der Waals surface area contributed by atoms with Gasteiger partial charge in [-0.05, 0) is 61.1 Å². The lowest BCUT2D eigenvalue weighted by atomic mass is 9.56. The maximum Gasteiger partial charge on any atom is 0.254 e. The third-order valence-corrected chi connectivity index (χ3v) is 11.6. The first-order valence-electron chi connectivity index (χ1n) is 13.0. The van der Waals surface area contributed by atoms with Gasteiger partial charge < -0.3 is 9.84 Å². The van der Waals surface area contributed by atoms with Crippen LogP contribution in [0.1, 0.15) is 29.9 Å². The molecule has 2 aromatic rings. The standard InChI is InChI=1S/C29H23BrCl4N2O6/c1-12-3-4-14(9-18(12)31)36-24(38)16-6-5-15-17(21(16)25(36)39)10-28(33)26(40)35(11-30)27(41)29(28,34)22(15)13-7-19(32)23(37)20(8-13)42-2/h3-5,7-9,16-17,21-22,37H,6,10-11H2,1-2H3. The second kappa shape index (κ2) is 10.1. The third kappa shape index (κ3) is 3.79. The van der Waals surface area contributed by atoms with Gasteiger partial charge in [-0.1, -0.05) is 56.8 Å². The highest BCUT2D eigenvalue weighted by Crippen LogP contribution is 2.66. The van der Waals surface area contributed by atoms with E-state index in [4.69, 9.17) is 51.1 Å². The topological polar surface area (TPSA) is 104 Å². The number of phenolic OH excluding ortho intramolecular Hbond substituents is 1. The number of hydrogen-bond donors (Lipinski definition) is 1. The first-order valence-corrected chi connectivity index (χ1v) is 15.7. The molecule has 2 aliphatic carbocycles. The summed E-state index contributed by atoms with van der Waals surface area (Å²) in [5, 5.41) is 10.8. The molecule has 42 heavy (non-hydrogen) atoms. The Morgan fingerprint density at radius 3 is 2.38 bits per heavy atom. The molecule has 6 atom stereocenters. The molecule has 220 valence electrons. The van der Waals surface area contributed by atoms with Crippen molar-refractivity contribution in [2.24, 2.45) is 17.8 Å². The lowest BCUT2D eigenvalue weighted by Crippen LogP contribution is -2.60. The molecule has 0 radical (unpaired) electrons. The summed E-state index contributed by atoms with van der Waals surface area (Å²) < 4.78 is 5.32. The van der Waals surface area contributed by atoms with E-state index in [0.29, 0.717) is 21.8 Å². The molecule has 1 saturated carbocycles. The molecule has 1 N–H and O–H groups in total. The van der Waals surface area contributed by atoms with Crippen LogP contribution in [0.15, 0.2) is 42.0 Å². The Kier molecular flexibility index (Phi) is 7.17. The normalized spacial score (nSPS) is 32.1. The van der Waals surface area contributed by atoms with Crippen LogP contribution >= 0.6 is 62.3 Å². The minimum Gasteiger partial charge on any atom is -0.503 e. The van der Waals surface area contributed by atoms with Crippen molar-refractivity contribution >= 4 is 91.6 Å². The summed E-state index contributed by atoms with van der Waals surface area (Å²) in [6.07, 6.45) is 1.86. The largest absolute Gasteiger partial charge is 0.503 e. The number of rotatable bonds is 4. The van der Waals surface area contributed by atoms with Crippen molar-refractivity contribution in [3.8, 4) is 11.5 Å². The Morgan fingerprint density at radius 2 is 1.74 bits per heavy atom. The molecule has 6 rings (SSSR count). The number of fused-ring (bicyclic) bond motifs is 4. The molecule has 4 amide bonds. The molecule has 8 nitrogen and oxygen atoms in total. The van der Waals surface area contributed by atoms with E-state index < -0.39 is 51.1 Å². The zero-order chi connectivity index (χ0) is 30.5. The van der Waals surface area contributed by atoms with E-state index >= 15 is 0 Å². The van der Waals surface area contributed by atoms with Crippen molar-refractivity contribution in [2.45, 2.75) is 35.4 Å². The van der Waals surface area contributed by atoms with Gasteiger partial charge in [-0.2, -0.15) is 0 Å². The Labute approximate surface area is 269 Å². The molecule has 0 bridgehead atoms. The van der Waals surface area contributed by atoms with E-state index in [-0.39, 0.29) is 40.7 Å². The third-order valence-electron chi connectivity index (χ3n) is 9.03. The van der Waals surface area contributed by atoms with E-state index in [0.717, 1.165) is 15.4 Å². The van der Waals surface area contributed by atoms with Gasteiger partial charge >= 0.3 is 0 Å². The molecule has 0 spiro atoms. The van der Waals surface area contributed by atoms with Gasteiger partial charge in [0.1, 0.15) is 0 Å². The summed E-state index contributed by atoms with van der Waals surface area (Å²) >= 11 is 30.4. The smallest absolute Gasteiger partial charge is 0.254 e. The fourth-order valence-corrected chi connectivity index (χ4v) is 8.84. The number of anilines is 1. The van der Waals surface area contributed by atoms with Crippen molar-refractivity contribution in [3.63, 3.8) is 0 Å². The van der Waals surface area contributed by atoms with Gasteiger partial charge in [-0.3, -0.25) is 24.1 Å². The number of carbonyl (C=O) groups excluding carboxylic acids is 4. The van der Waals surface area contributed by atoms with Crippen LogP contribution in [0.4, 0.5) is 5.69 Å². The number of allylic oxidation sites excluding steroid dienone is 2. The number of nitrogens with zero attached hydrogens (tertiary/aromatic N) is 2. The average Bonchev–Trinajstić information content (AvgIpc) is 3.29. The number of ether oxygens (including phenoxy) is 1. The van der Waals surface area contributed by atoms with Gasteiger partial charge in [-0.25, -0.2) is 4.90 Å². The minimum absolute atomic E-state index is 0.0259. The number of hydrogen-bond acceptors (Lipinski definition) is 6. The van der Waals surface area contributed by atoms with Crippen molar-refractivity contribution in [3.05, 3.63) is 63.2 Å². The van der Waals surface area contributed by atoms with E-state index in [2.05, 4.69) is 15.9 Å². The van der Waals surface area contributed by atoms with Crippen LogP contribution in [0.2, 0.25) is 10.0 Å². The number of amides is 4. The second-order valence-electron chi connectivity index (χ2n) is 11.0. The Hall–Kier alpha value is -2.30. The number of aromatic hydroxyl groups is 1. The van der Waals surface area contributed by atoms with Gasteiger partial charge in [0.15, 0.2) is 21.2 Å². The number of halogens is 5. The van der Waals surface area contributed by atoms with Crippen LogP contribution in [0.25, 0.3) is 0 Å². The molecule has 13 heteroatoms. The molecule has 2 heterocycles. The van der Waals surface area contributed by atoms with Gasteiger partial charge in [0.05, 0.1) is 35.1 Å². The molecule has 0 aromatic heterocycles. The van der Waals surface area contributed by atoms with E-state index in [1.165, 1.54) is 19.2 Å². The quantitative estimate of drug-likeness (QED) is 0.182. The first-order chi connectivity index (χ1) is 19.8. The Bertz CT molecular complexity index is 1630.